The minimum absolute atomic E-state index is 0.266. The summed E-state index contributed by atoms with van der Waals surface area (Å²) in [4.78, 5) is 46.2. The molecular weight excluding hydrogens is 264 g/mol. The van der Waals surface area contributed by atoms with Gasteiger partial charge in [0.2, 0.25) is 0 Å². The molecule has 0 aromatic carbocycles. The fraction of sp³-hybridized carbons (Fsp3) is 0.714. The summed E-state index contributed by atoms with van der Waals surface area (Å²) in [7, 11) is 2.57. The summed E-state index contributed by atoms with van der Waals surface area (Å²) in [6.07, 6.45) is 2.25. The molecule has 0 saturated heterocycles. The summed E-state index contributed by atoms with van der Waals surface area (Å²) in [6.45, 7) is 0. The van der Waals surface area contributed by atoms with Crippen molar-refractivity contribution in [1.82, 2.24) is 0 Å². The fourth-order valence-corrected chi connectivity index (χ4v) is 4.02. The van der Waals surface area contributed by atoms with Crippen molar-refractivity contribution in [2.45, 2.75) is 12.8 Å². The van der Waals surface area contributed by atoms with Crippen LogP contribution in [-0.2, 0) is 28.7 Å². The molecule has 6 nitrogen and oxygen atoms in total. The van der Waals surface area contributed by atoms with Gasteiger partial charge in [-0.25, -0.2) is 0 Å². The number of methoxy groups -OCH3 is 2. The molecule has 0 spiro atoms. The van der Waals surface area contributed by atoms with E-state index >= 15 is 0 Å². The van der Waals surface area contributed by atoms with Gasteiger partial charge in [-0.05, 0) is 24.7 Å². The predicted molar refractivity (Wildman–Crippen MR) is 66.3 cm³/mol. The molecule has 2 fully saturated rings. The number of carbonyl (C=O) groups is 4. The maximum Gasteiger partial charge on any atom is 0.308 e. The number of rotatable bonds is 4. The van der Waals surface area contributed by atoms with E-state index in [1.54, 1.807) is 0 Å². The van der Waals surface area contributed by atoms with Crippen molar-refractivity contribution < 1.29 is 28.7 Å². The van der Waals surface area contributed by atoms with Crippen molar-refractivity contribution in [3.8, 4) is 0 Å². The maximum atomic E-state index is 11.9. The van der Waals surface area contributed by atoms with Crippen molar-refractivity contribution in [3.63, 3.8) is 0 Å². The zero-order valence-corrected chi connectivity index (χ0v) is 11.5. The Morgan fingerprint density at radius 3 is 1.55 bits per heavy atom. The lowest BCUT2D eigenvalue weighted by atomic mass is 9.83. The van der Waals surface area contributed by atoms with E-state index < -0.39 is 23.8 Å². The molecule has 0 N–H and O–H groups in total. The lowest BCUT2D eigenvalue weighted by Gasteiger charge is -2.22. The number of esters is 2. The van der Waals surface area contributed by atoms with Crippen LogP contribution in [0.15, 0.2) is 0 Å². The highest BCUT2D eigenvalue weighted by Gasteiger charge is 2.59. The van der Waals surface area contributed by atoms with Crippen LogP contribution in [0.4, 0.5) is 0 Å². The molecule has 4 unspecified atom stereocenters. The van der Waals surface area contributed by atoms with Crippen LogP contribution < -0.4 is 0 Å². The molecular formula is C14H18O6. The standard InChI is InChI=1S/C14H18O6/c1-19-13(17)9-3-7(5-15)11-8(6-16)4-10(12(9)11)14(18)20-2/h5-12H,3-4H2,1-2H3. The van der Waals surface area contributed by atoms with Crippen LogP contribution >= 0.6 is 0 Å². The van der Waals surface area contributed by atoms with Gasteiger partial charge < -0.3 is 19.1 Å². The summed E-state index contributed by atoms with van der Waals surface area (Å²) in [5, 5.41) is 0. The van der Waals surface area contributed by atoms with E-state index in [-0.39, 0.29) is 23.7 Å². The van der Waals surface area contributed by atoms with Gasteiger partial charge in [0.15, 0.2) is 0 Å². The number of ether oxygens (including phenoxy) is 2. The summed E-state index contributed by atoms with van der Waals surface area (Å²) in [6, 6.07) is 0. The molecule has 4 atom stereocenters. The SMILES string of the molecule is COC(=O)C1CC(C=O)C2C(C=O)CC(C(=O)OC)C12. The van der Waals surface area contributed by atoms with Crippen molar-refractivity contribution >= 4 is 24.5 Å². The van der Waals surface area contributed by atoms with Crippen molar-refractivity contribution in [1.29, 1.82) is 0 Å². The fourth-order valence-electron chi connectivity index (χ4n) is 4.02. The van der Waals surface area contributed by atoms with Crippen molar-refractivity contribution in [2.75, 3.05) is 14.2 Å². The highest BCUT2D eigenvalue weighted by atomic mass is 16.5. The first-order valence-corrected chi connectivity index (χ1v) is 6.65. The van der Waals surface area contributed by atoms with E-state index in [1.165, 1.54) is 14.2 Å². The molecule has 2 rings (SSSR count). The molecule has 0 aliphatic heterocycles. The Bertz CT molecular complexity index is 393. The monoisotopic (exact) mass is 282 g/mol. The van der Waals surface area contributed by atoms with E-state index in [9.17, 15) is 19.2 Å². The Morgan fingerprint density at radius 1 is 0.850 bits per heavy atom. The van der Waals surface area contributed by atoms with Crippen LogP contribution in [0, 0.1) is 35.5 Å². The van der Waals surface area contributed by atoms with Crippen LogP contribution in [0.3, 0.4) is 0 Å². The third-order valence-corrected chi connectivity index (χ3v) is 4.77. The van der Waals surface area contributed by atoms with Crippen molar-refractivity contribution in [3.05, 3.63) is 0 Å². The van der Waals surface area contributed by atoms with Crippen LogP contribution in [0.2, 0.25) is 0 Å². The van der Waals surface area contributed by atoms with Gasteiger partial charge in [0.1, 0.15) is 12.6 Å². The van der Waals surface area contributed by atoms with E-state index in [0.29, 0.717) is 12.8 Å². The van der Waals surface area contributed by atoms with Gasteiger partial charge in [-0.2, -0.15) is 0 Å². The van der Waals surface area contributed by atoms with Gasteiger partial charge >= 0.3 is 11.9 Å². The summed E-state index contributed by atoms with van der Waals surface area (Å²) in [5.41, 5.74) is 0. The Morgan fingerprint density at radius 2 is 1.25 bits per heavy atom. The molecule has 110 valence electrons. The number of hydrogen-bond acceptors (Lipinski definition) is 6. The highest BCUT2D eigenvalue weighted by molar-refractivity contribution is 5.80. The molecule has 0 bridgehead atoms. The predicted octanol–water partition coefficient (Wildman–Crippen LogP) is 0.235. The molecule has 2 saturated carbocycles. The molecule has 2 aliphatic carbocycles. The van der Waals surface area contributed by atoms with Crippen LogP contribution in [0.5, 0.6) is 0 Å². The van der Waals surface area contributed by atoms with Crippen LogP contribution in [0.1, 0.15) is 12.8 Å². The van der Waals surface area contributed by atoms with Gasteiger partial charge in [0.25, 0.3) is 0 Å². The first-order valence-electron chi connectivity index (χ1n) is 6.65. The second kappa shape index (κ2) is 5.73. The Kier molecular flexibility index (Phi) is 4.20. The van der Waals surface area contributed by atoms with E-state index in [2.05, 4.69) is 0 Å². The third kappa shape index (κ3) is 2.13. The largest absolute Gasteiger partial charge is 0.469 e. The lowest BCUT2D eigenvalue weighted by molar-refractivity contribution is -0.152. The van der Waals surface area contributed by atoms with Crippen LogP contribution in [-0.4, -0.2) is 38.7 Å². The molecule has 2 aliphatic rings. The minimum Gasteiger partial charge on any atom is -0.469 e. The second-order valence-electron chi connectivity index (χ2n) is 5.49. The van der Waals surface area contributed by atoms with Gasteiger partial charge in [0, 0.05) is 11.8 Å². The average Bonchev–Trinajstić information content (AvgIpc) is 3.03. The van der Waals surface area contributed by atoms with Gasteiger partial charge in [0.05, 0.1) is 26.1 Å². The topological polar surface area (TPSA) is 86.7 Å². The zero-order chi connectivity index (χ0) is 14.9. The maximum absolute atomic E-state index is 11.9. The average molecular weight is 282 g/mol. The molecule has 20 heavy (non-hydrogen) atoms. The van der Waals surface area contributed by atoms with Crippen molar-refractivity contribution in [2.24, 2.45) is 35.5 Å². The normalized spacial score (nSPS) is 38.9. The number of hydrogen-bond donors (Lipinski definition) is 0. The third-order valence-electron chi connectivity index (χ3n) is 4.77. The van der Waals surface area contributed by atoms with E-state index in [4.69, 9.17) is 9.47 Å². The first-order chi connectivity index (χ1) is 9.58. The summed E-state index contributed by atoms with van der Waals surface area (Å²) < 4.78 is 9.54. The van der Waals surface area contributed by atoms with Crippen LogP contribution in [0.25, 0.3) is 0 Å². The lowest BCUT2D eigenvalue weighted by Crippen LogP contribution is -2.30. The molecule has 0 aromatic rings. The highest BCUT2D eigenvalue weighted by Crippen LogP contribution is 2.55. The zero-order valence-electron chi connectivity index (χ0n) is 11.5. The number of aldehydes is 2. The molecule has 0 radical (unpaired) electrons. The van der Waals surface area contributed by atoms with Gasteiger partial charge in [-0.3, -0.25) is 9.59 Å². The molecule has 0 heterocycles. The summed E-state index contributed by atoms with van der Waals surface area (Å²) in [5.74, 6) is -3.26. The molecule has 0 aromatic heterocycles. The second-order valence-corrected chi connectivity index (χ2v) is 5.49. The van der Waals surface area contributed by atoms with E-state index in [0.717, 1.165) is 12.6 Å². The Labute approximate surface area is 116 Å². The minimum atomic E-state index is -0.519. The first kappa shape index (κ1) is 14.7. The van der Waals surface area contributed by atoms with Gasteiger partial charge in [-0.1, -0.05) is 0 Å². The Hall–Kier alpha value is -1.72. The Balaban J connectivity index is 2.37. The molecule has 0 amide bonds. The smallest absolute Gasteiger partial charge is 0.308 e. The number of carbonyl (C=O) groups excluding carboxylic acids is 4. The molecule has 6 heteroatoms. The number of fused-ring (bicyclic) bond motifs is 1. The van der Waals surface area contributed by atoms with Gasteiger partial charge in [-0.15, -0.1) is 0 Å². The quantitative estimate of drug-likeness (QED) is 0.542. The van der Waals surface area contributed by atoms with E-state index in [1.807, 2.05) is 0 Å². The summed E-state index contributed by atoms with van der Waals surface area (Å²) >= 11 is 0.